The molecule has 13 heavy (non-hydrogen) atoms. The molecule has 74 valence electrons. The molecule has 1 rings (SSSR count). The van der Waals surface area contributed by atoms with Gasteiger partial charge in [-0.3, -0.25) is 0 Å². The van der Waals surface area contributed by atoms with Crippen LogP contribution in [0.5, 0.6) is 0 Å². The maximum absolute atomic E-state index is 8.46. The molecule has 0 amide bonds. The Morgan fingerprint density at radius 3 is 2.08 bits per heavy atom. The normalized spacial score (nSPS) is 8.31. The topological polar surface area (TPSA) is 37.3 Å². The second-order valence-electron chi connectivity index (χ2n) is 2.31. The van der Waals surface area contributed by atoms with Gasteiger partial charge in [-0.25, -0.2) is 4.57 Å². The fraction of sp³-hybridized carbons (Fsp3) is 0.250. The highest BCUT2D eigenvalue weighted by Gasteiger charge is 1.90. The summed E-state index contributed by atoms with van der Waals surface area (Å²) in [6.45, 7) is 4.13. The molecular formula is C8H10Cl2O2P-. The van der Waals surface area contributed by atoms with Crippen LogP contribution >= 0.6 is 20.3 Å². The molecule has 0 aliphatic carbocycles. The Kier molecular flexibility index (Phi) is 9.98. The zero-order valence-corrected chi connectivity index (χ0v) is 9.70. The fourth-order valence-electron chi connectivity index (χ4n) is 0.705. The van der Waals surface area contributed by atoms with Gasteiger partial charge >= 0.3 is 8.69 Å². The van der Waals surface area contributed by atoms with E-state index in [0.29, 0.717) is 0 Å². The van der Waals surface area contributed by atoms with Gasteiger partial charge in [0, 0.05) is 5.02 Å². The zero-order chi connectivity index (χ0) is 9.56. The van der Waals surface area contributed by atoms with Crippen LogP contribution in [0.2, 0.25) is 5.02 Å². The third-order valence-corrected chi connectivity index (χ3v) is 1.70. The molecule has 1 aromatic carbocycles. The van der Waals surface area contributed by atoms with Gasteiger partial charge in [-0.2, -0.15) is 0 Å². The smallest absolute Gasteiger partial charge is 0.324 e. The summed E-state index contributed by atoms with van der Waals surface area (Å²) in [7, 11) is -0.833. The average Bonchev–Trinajstić information content (AvgIpc) is 1.99. The number of hydrogen-bond donors (Lipinski definition) is 1. The van der Waals surface area contributed by atoms with Crippen LogP contribution in [-0.2, 0) is 4.57 Å². The summed E-state index contributed by atoms with van der Waals surface area (Å²) in [6, 6.07) is 5.90. The average molecular weight is 240 g/mol. The lowest BCUT2D eigenvalue weighted by Crippen LogP contribution is -3.00. The van der Waals surface area contributed by atoms with Crippen molar-refractivity contribution < 1.29 is 21.9 Å². The fourth-order valence-corrected chi connectivity index (χ4v) is 0.931. The molecule has 0 bridgehead atoms. The Hall–Kier alpha value is -0.140. The summed E-state index contributed by atoms with van der Waals surface area (Å²) in [5, 5.41) is 0.818. The Labute approximate surface area is 90.6 Å². The number of rotatable bonds is 0. The van der Waals surface area contributed by atoms with Gasteiger partial charge in [-0.15, -0.1) is 0 Å². The molecule has 1 N–H and O–H groups in total. The van der Waals surface area contributed by atoms with Crippen molar-refractivity contribution in [2.75, 3.05) is 0 Å². The molecule has 0 radical (unpaired) electrons. The Morgan fingerprint density at radius 2 is 1.77 bits per heavy atom. The molecule has 0 saturated heterocycles. The quantitative estimate of drug-likeness (QED) is 0.655. The number of halogens is 2. The van der Waals surface area contributed by atoms with E-state index in [1.54, 1.807) is 0 Å². The molecule has 0 unspecified atom stereocenters. The summed E-state index contributed by atoms with van der Waals surface area (Å²) < 4.78 is 8.46. The van der Waals surface area contributed by atoms with Crippen molar-refractivity contribution >= 4 is 20.3 Å². The van der Waals surface area contributed by atoms with Crippen molar-refractivity contribution in [1.82, 2.24) is 0 Å². The molecule has 0 spiro atoms. The first-order valence-corrected chi connectivity index (χ1v) is 4.45. The first-order valence-electron chi connectivity index (χ1n) is 3.31. The minimum Gasteiger partial charge on any atom is -1.00 e. The van der Waals surface area contributed by atoms with Crippen LogP contribution < -0.4 is 12.4 Å². The monoisotopic (exact) mass is 239 g/mol. The van der Waals surface area contributed by atoms with Crippen LogP contribution in [0.1, 0.15) is 11.1 Å². The standard InChI is InChI=1S/C8H9Cl.ClH.HO2P/c1-6-3-4-8(9)5-7(6)2;;1-3-2/h3-5H,1-2H3;1H;(H,1,2)/p-1. The van der Waals surface area contributed by atoms with E-state index in [0.717, 1.165) is 5.02 Å². The lowest BCUT2D eigenvalue weighted by Gasteiger charge is -1.97. The number of benzene rings is 1. The summed E-state index contributed by atoms with van der Waals surface area (Å²) in [5.41, 5.74) is 2.54. The van der Waals surface area contributed by atoms with E-state index in [1.165, 1.54) is 11.1 Å². The first-order chi connectivity index (χ1) is 5.61. The van der Waals surface area contributed by atoms with Crippen molar-refractivity contribution in [2.45, 2.75) is 13.8 Å². The molecule has 0 aliphatic heterocycles. The first kappa shape index (κ1) is 15.3. The maximum atomic E-state index is 8.46. The van der Waals surface area contributed by atoms with Crippen molar-refractivity contribution in [3.8, 4) is 0 Å². The second-order valence-corrected chi connectivity index (χ2v) is 2.91. The van der Waals surface area contributed by atoms with E-state index < -0.39 is 8.69 Å². The van der Waals surface area contributed by atoms with E-state index in [1.807, 2.05) is 18.2 Å². The second kappa shape index (κ2) is 8.46. The highest BCUT2D eigenvalue weighted by molar-refractivity contribution is 7.16. The van der Waals surface area contributed by atoms with Crippen LogP contribution in [0, 0.1) is 13.8 Å². The molecule has 0 fully saturated rings. The van der Waals surface area contributed by atoms with Crippen molar-refractivity contribution in [3.05, 3.63) is 34.3 Å². The molecule has 0 aliphatic rings. The molecule has 5 heteroatoms. The van der Waals surface area contributed by atoms with Crippen molar-refractivity contribution in [3.63, 3.8) is 0 Å². The number of aryl methyl sites for hydroxylation is 2. The zero-order valence-electron chi connectivity index (χ0n) is 7.29. The predicted octanol–water partition coefficient (Wildman–Crippen LogP) is 0.146. The van der Waals surface area contributed by atoms with Crippen molar-refractivity contribution in [1.29, 1.82) is 0 Å². The van der Waals surface area contributed by atoms with Gasteiger partial charge in [0.1, 0.15) is 0 Å². The predicted molar refractivity (Wildman–Crippen MR) is 50.8 cm³/mol. The Balaban J connectivity index is 0. The largest absolute Gasteiger partial charge is 1.00 e. The highest BCUT2D eigenvalue weighted by atomic mass is 35.5. The lowest BCUT2D eigenvalue weighted by atomic mass is 10.1. The molecule has 0 heterocycles. The molecule has 0 aromatic heterocycles. The maximum Gasteiger partial charge on any atom is 0.324 e. The van der Waals surface area contributed by atoms with Crippen LogP contribution in [-0.4, -0.2) is 4.89 Å². The van der Waals surface area contributed by atoms with Gasteiger partial charge in [0.25, 0.3) is 0 Å². The van der Waals surface area contributed by atoms with E-state index in [9.17, 15) is 0 Å². The molecule has 0 saturated carbocycles. The summed E-state index contributed by atoms with van der Waals surface area (Å²) >= 11 is 5.72. The van der Waals surface area contributed by atoms with Crippen LogP contribution in [0.15, 0.2) is 18.2 Å². The lowest BCUT2D eigenvalue weighted by molar-refractivity contribution is -0.00000485. The third-order valence-electron chi connectivity index (χ3n) is 1.47. The van der Waals surface area contributed by atoms with Crippen LogP contribution in [0.4, 0.5) is 0 Å². The molecule has 1 aromatic rings. The molecule has 2 nitrogen and oxygen atoms in total. The minimum atomic E-state index is -0.833. The van der Waals surface area contributed by atoms with Gasteiger partial charge in [0.05, 0.1) is 0 Å². The Morgan fingerprint density at radius 1 is 1.31 bits per heavy atom. The summed E-state index contributed by atoms with van der Waals surface area (Å²) in [6.07, 6.45) is 0. The van der Waals surface area contributed by atoms with Crippen LogP contribution in [0.3, 0.4) is 0 Å². The van der Waals surface area contributed by atoms with Gasteiger partial charge in [-0.05, 0) is 37.1 Å². The summed E-state index contributed by atoms with van der Waals surface area (Å²) in [5.74, 6) is 0. The Bertz CT molecular complexity index is 266. The van der Waals surface area contributed by atoms with E-state index in [-0.39, 0.29) is 12.4 Å². The SMILES string of the molecule is Cc1ccc(Cl)cc1C.O=PO.[Cl-]. The van der Waals surface area contributed by atoms with E-state index >= 15 is 0 Å². The highest BCUT2D eigenvalue weighted by Crippen LogP contribution is 2.13. The van der Waals surface area contributed by atoms with Gasteiger partial charge in [0.2, 0.25) is 0 Å². The van der Waals surface area contributed by atoms with Gasteiger partial charge in [-0.1, -0.05) is 17.7 Å². The van der Waals surface area contributed by atoms with Crippen LogP contribution in [0.25, 0.3) is 0 Å². The third kappa shape index (κ3) is 6.97. The van der Waals surface area contributed by atoms with E-state index in [2.05, 4.69) is 13.8 Å². The van der Waals surface area contributed by atoms with Gasteiger partial charge in [0.15, 0.2) is 0 Å². The minimum absolute atomic E-state index is 0. The van der Waals surface area contributed by atoms with Crippen molar-refractivity contribution in [2.24, 2.45) is 0 Å². The molecular weight excluding hydrogens is 230 g/mol. The van der Waals surface area contributed by atoms with Gasteiger partial charge < -0.3 is 17.3 Å². The summed E-state index contributed by atoms with van der Waals surface area (Å²) in [4.78, 5) is 6.99. The number of hydrogen-bond acceptors (Lipinski definition) is 1. The van der Waals surface area contributed by atoms with E-state index in [4.69, 9.17) is 21.1 Å². The molecule has 0 atom stereocenters.